The number of benzene rings is 1. The third-order valence-electron chi connectivity index (χ3n) is 3.15. The van der Waals surface area contributed by atoms with E-state index in [0.717, 1.165) is 11.1 Å². The average molecular weight is 212 g/mol. The number of carbonyl (C=O) groups is 3. The fourth-order valence-electron chi connectivity index (χ4n) is 2.39. The zero-order valence-electron chi connectivity index (χ0n) is 8.40. The van der Waals surface area contributed by atoms with Crippen LogP contribution in [0.4, 0.5) is 0 Å². The molecular formula is C13H8O3. The van der Waals surface area contributed by atoms with Crippen molar-refractivity contribution in [3.05, 3.63) is 41.0 Å². The molecular weight excluding hydrogens is 204 g/mol. The molecule has 0 fully saturated rings. The molecule has 3 nitrogen and oxygen atoms in total. The van der Waals surface area contributed by atoms with Crippen LogP contribution >= 0.6 is 0 Å². The first-order valence-electron chi connectivity index (χ1n) is 5.12. The third-order valence-corrected chi connectivity index (χ3v) is 3.15. The highest BCUT2D eigenvalue weighted by atomic mass is 16.2. The first-order valence-corrected chi connectivity index (χ1v) is 5.12. The summed E-state index contributed by atoms with van der Waals surface area (Å²) >= 11 is 0. The van der Waals surface area contributed by atoms with Gasteiger partial charge in [0.25, 0.3) is 5.78 Å². The van der Waals surface area contributed by atoms with Crippen LogP contribution in [0.2, 0.25) is 0 Å². The summed E-state index contributed by atoms with van der Waals surface area (Å²) in [4.78, 5) is 34.9. The molecule has 1 unspecified atom stereocenters. The van der Waals surface area contributed by atoms with Crippen LogP contribution in [0.25, 0.3) is 6.08 Å². The molecule has 1 atom stereocenters. The summed E-state index contributed by atoms with van der Waals surface area (Å²) in [6, 6.07) is 5.22. The smallest absolute Gasteiger partial charge is 0.269 e. The Bertz CT molecular complexity index is 567. The second-order valence-electron chi connectivity index (χ2n) is 4.02. The minimum Gasteiger partial charge on any atom is -0.290 e. The Morgan fingerprint density at radius 2 is 1.88 bits per heavy atom. The maximum absolute atomic E-state index is 11.7. The van der Waals surface area contributed by atoms with E-state index in [9.17, 15) is 14.4 Å². The van der Waals surface area contributed by atoms with E-state index in [1.54, 1.807) is 12.1 Å². The van der Waals surface area contributed by atoms with Gasteiger partial charge < -0.3 is 0 Å². The normalized spacial score (nSPS) is 22.2. The van der Waals surface area contributed by atoms with Gasteiger partial charge in [-0.2, -0.15) is 0 Å². The SMILES string of the molecule is O=C1C(=O)c2cccc3c2C(CC=C3)C1=O. The van der Waals surface area contributed by atoms with Crippen LogP contribution in [0.5, 0.6) is 0 Å². The van der Waals surface area contributed by atoms with Gasteiger partial charge in [0.05, 0.1) is 5.92 Å². The molecule has 0 saturated heterocycles. The number of allylic oxidation sites excluding steroid dienone is 1. The van der Waals surface area contributed by atoms with Gasteiger partial charge in [0.1, 0.15) is 0 Å². The third kappa shape index (κ3) is 0.999. The highest BCUT2D eigenvalue weighted by Crippen LogP contribution is 2.36. The van der Waals surface area contributed by atoms with Crippen molar-refractivity contribution in [3.63, 3.8) is 0 Å². The summed E-state index contributed by atoms with van der Waals surface area (Å²) in [6.07, 6.45) is 4.28. The molecule has 1 aromatic carbocycles. The Hall–Kier alpha value is -2.03. The van der Waals surface area contributed by atoms with Gasteiger partial charge in [-0.25, -0.2) is 0 Å². The monoisotopic (exact) mass is 212 g/mol. The van der Waals surface area contributed by atoms with Gasteiger partial charge >= 0.3 is 0 Å². The number of carbonyl (C=O) groups excluding carboxylic acids is 3. The van der Waals surface area contributed by atoms with E-state index in [4.69, 9.17) is 0 Å². The quantitative estimate of drug-likeness (QED) is 0.612. The van der Waals surface area contributed by atoms with Gasteiger partial charge in [-0.15, -0.1) is 0 Å². The zero-order chi connectivity index (χ0) is 11.3. The van der Waals surface area contributed by atoms with Crippen LogP contribution in [0, 0.1) is 0 Å². The van der Waals surface area contributed by atoms with Gasteiger partial charge in [0.2, 0.25) is 11.6 Å². The van der Waals surface area contributed by atoms with E-state index in [1.165, 1.54) is 0 Å². The van der Waals surface area contributed by atoms with Crippen molar-refractivity contribution in [3.8, 4) is 0 Å². The van der Waals surface area contributed by atoms with Crippen molar-refractivity contribution in [2.45, 2.75) is 12.3 Å². The van der Waals surface area contributed by atoms with Crippen LogP contribution in [0.15, 0.2) is 24.3 Å². The van der Waals surface area contributed by atoms with Crippen LogP contribution in [-0.4, -0.2) is 17.3 Å². The van der Waals surface area contributed by atoms with Crippen molar-refractivity contribution in [2.24, 2.45) is 0 Å². The largest absolute Gasteiger partial charge is 0.290 e. The molecule has 0 saturated carbocycles. The van der Waals surface area contributed by atoms with Crippen LogP contribution in [0.1, 0.15) is 33.8 Å². The van der Waals surface area contributed by atoms with E-state index < -0.39 is 23.3 Å². The molecule has 16 heavy (non-hydrogen) atoms. The highest BCUT2D eigenvalue weighted by Gasteiger charge is 2.40. The molecule has 0 heterocycles. The maximum Gasteiger partial charge on any atom is 0.269 e. The Balaban J connectivity index is 2.36. The van der Waals surface area contributed by atoms with Gasteiger partial charge in [-0.1, -0.05) is 30.4 Å². The van der Waals surface area contributed by atoms with E-state index in [-0.39, 0.29) is 0 Å². The molecule has 0 spiro atoms. The molecule has 2 aliphatic rings. The Morgan fingerprint density at radius 1 is 1.06 bits per heavy atom. The molecule has 0 aromatic heterocycles. The van der Waals surface area contributed by atoms with Gasteiger partial charge in [0, 0.05) is 5.56 Å². The second-order valence-corrected chi connectivity index (χ2v) is 4.02. The first kappa shape index (κ1) is 9.21. The summed E-state index contributed by atoms with van der Waals surface area (Å²) in [5, 5.41) is 0. The summed E-state index contributed by atoms with van der Waals surface area (Å²) < 4.78 is 0. The van der Waals surface area contributed by atoms with Gasteiger partial charge in [-0.05, 0) is 17.5 Å². The molecule has 0 amide bonds. The van der Waals surface area contributed by atoms with Crippen molar-refractivity contribution in [1.29, 1.82) is 0 Å². The second kappa shape index (κ2) is 2.98. The molecule has 0 bridgehead atoms. The van der Waals surface area contributed by atoms with E-state index in [0.29, 0.717) is 12.0 Å². The zero-order valence-corrected chi connectivity index (χ0v) is 8.40. The Kier molecular flexibility index (Phi) is 1.72. The lowest BCUT2D eigenvalue weighted by molar-refractivity contribution is -0.135. The van der Waals surface area contributed by atoms with Crippen LogP contribution in [-0.2, 0) is 9.59 Å². The lowest BCUT2D eigenvalue weighted by atomic mass is 9.74. The minimum atomic E-state index is -0.870. The molecule has 78 valence electrons. The van der Waals surface area contributed by atoms with Crippen molar-refractivity contribution >= 4 is 23.4 Å². The summed E-state index contributed by atoms with van der Waals surface area (Å²) in [7, 11) is 0. The minimum absolute atomic E-state index is 0.399. The molecule has 1 aromatic rings. The molecule has 0 aliphatic heterocycles. The standard InChI is InChI=1S/C13H8O3/c14-11-8-5-1-3-7-4-2-6-9(10(7)8)12(15)13(11)16/h1-5,9H,6H2. The van der Waals surface area contributed by atoms with Crippen LogP contribution < -0.4 is 0 Å². The Labute approximate surface area is 91.8 Å². The number of Topliss-reactive ketones (excluding diaryl/α,β-unsaturated/α-hetero) is 3. The number of rotatable bonds is 0. The lowest BCUT2D eigenvalue weighted by Gasteiger charge is -2.26. The maximum atomic E-state index is 11.7. The van der Waals surface area contributed by atoms with Crippen molar-refractivity contribution in [1.82, 2.24) is 0 Å². The molecule has 2 aliphatic carbocycles. The molecule has 3 heteroatoms. The Morgan fingerprint density at radius 3 is 2.69 bits per heavy atom. The average Bonchev–Trinajstić information content (AvgIpc) is 2.33. The predicted molar refractivity (Wildman–Crippen MR) is 57.2 cm³/mol. The van der Waals surface area contributed by atoms with Crippen molar-refractivity contribution in [2.75, 3.05) is 0 Å². The van der Waals surface area contributed by atoms with Gasteiger partial charge in [0.15, 0.2) is 0 Å². The summed E-state index contributed by atoms with van der Waals surface area (Å²) in [5.41, 5.74) is 2.01. The summed E-state index contributed by atoms with van der Waals surface area (Å²) in [6.45, 7) is 0. The van der Waals surface area contributed by atoms with E-state index in [1.807, 2.05) is 18.2 Å². The van der Waals surface area contributed by atoms with E-state index in [2.05, 4.69) is 0 Å². The van der Waals surface area contributed by atoms with E-state index >= 15 is 0 Å². The number of hydrogen-bond donors (Lipinski definition) is 0. The van der Waals surface area contributed by atoms with Gasteiger partial charge in [-0.3, -0.25) is 14.4 Å². The molecule has 0 radical (unpaired) electrons. The predicted octanol–water partition coefficient (Wildman–Crippen LogP) is 1.52. The number of ketones is 3. The van der Waals surface area contributed by atoms with Crippen LogP contribution in [0.3, 0.4) is 0 Å². The highest BCUT2D eigenvalue weighted by molar-refractivity contribution is 6.69. The first-order chi connectivity index (χ1) is 7.70. The molecule has 0 N–H and O–H groups in total. The summed E-state index contributed by atoms with van der Waals surface area (Å²) in [5.74, 6) is -2.53. The number of hydrogen-bond acceptors (Lipinski definition) is 3. The fraction of sp³-hybridized carbons (Fsp3) is 0.154. The molecule has 3 rings (SSSR count). The topological polar surface area (TPSA) is 51.2 Å². The lowest BCUT2D eigenvalue weighted by Crippen LogP contribution is -2.36. The fourth-order valence-corrected chi connectivity index (χ4v) is 2.39. The van der Waals surface area contributed by atoms with Crippen molar-refractivity contribution < 1.29 is 14.4 Å².